The molecule has 0 bridgehead atoms. The van der Waals surface area contributed by atoms with Crippen LogP contribution in [0, 0.1) is 0 Å². The van der Waals surface area contributed by atoms with Crippen LogP contribution in [0.2, 0.25) is 0 Å². The minimum atomic E-state index is -0.491. The molecule has 0 atom stereocenters. The van der Waals surface area contributed by atoms with Crippen LogP contribution in [-0.4, -0.2) is 28.6 Å². The van der Waals surface area contributed by atoms with Gasteiger partial charge in [-0.2, -0.15) is 0 Å². The fourth-order valence-electron chi connectivity index (χ4n) is 5.01. The van der Waals surface area contributed by atoms with Gasteiger partial charge in [-0.3, -0.25) is 4.79 Å². The van der Waals surface area contributed by atoms with E-state index >= 15 is 0 Å². The molecular weight excluding hydrogens is 484 g/mol. The summed E-state index contributed by atoms with van der Waals surface area (Å²) in [4.78, 5) is 32.2. The number of esters is 1. The summed E-state index contributed by atoms with van der Waals surface area (Å²) in [5, 5.41) is 1.51. The van der Waals surface area contributed by atoms with Crippen molar-refractivity contribution in [1.29, 1.82) is 0 Å². The highest BCUT2D eigenvalue weighted by atomic mass is 32.1. The maximum Gasteiger partial charge on any atom is 0.346 e. The Morgan fingerprint density at radius 2 is 1.86 bits per heavy atom. The first-order chi connectivity index (χ1) is 17.4. The Morgan fingerprint density at radius 1 is 1.14 bits per heavy atom. The zero-order valence-electron chi connectivity index (χ0n) is 22.2. The molecule has 0 unspecified atom stereocenters. The van der Waals surface area contributed by atoms with Crippen LogP contribution in [0.5, 0.6) is 0 Å². The predicted octanol–water partition coefficient (Wildman–Crippen LogP) is 7.19. The molecule has 0 saturated heterocycles. The molecule has 37 heavy (non-hydrogen) atoms. The van der Waals surface area contributed by atoms with E-state index in [9.17, 15) is 9.59 Å². The first-order valence-electron chi connectivity index (χ1n) is 12.6. The van der Waals surface area contributed by atoms with Gasteiger partial charge in [-0.1, -0.05) is 18.2 Å². The van der Waals surface area contributed by atoms with E-state index in [-0.39, 0.29) is 11.5 Å². The van der Waals surface area contributed by atoms with E-state index in [0.29, 0.717) is 35.5 Å². The standard InChI is InChI=1S/C30H32N2O4S/c1-18-17-30(5,6)32(13-9-12-26(33)36-29(2,3)4)23-16-24-19(14-20(18)23)15-21(28(34)35-24)27-31-22-10-7-8-11-25(22)37-27/h7-8,10-11,14-17H,9,12-13H2,1-6H3. The molecule has 6 nitrogen and oxygen atoms in total. The number of thiazole rings is 1. The van der Waals surface area contributed by atoms with Gasteiger partial charge in [0.1, 0.15) is 16.2 Å². The third-order valence-corrected chi connectivity index (χ3v) is 7.61. The van der Waals surface area contributed by atoms with Crippen molar-refractivity contribution in [3.05, 3.63) is 64.5 Å². The number of benzene rings is 2. The molecule has 2 aromatic carbocycles. The van der Waals surface area contributed by atoms with Crippen molar-refractivity contribution in [1.82, 2.24) is 4.98 Å². The highest BCUT2D eigenvalue weighted by molar-refractivity contribution is 7.21. The van der Waals surface area contributed by atoms with Crippen LogP contribution >= 0.6 is 11.3 Å². The second-order valence-electron chi connectivity index (χ2n) is 11.2. The van der Waals surface area contributed by atoms with Gasteiger partial charge >= 0.3 is 11.6 Å². The van der Waals surface area contributed by atoms with Gasteiger partial charge < -0.3 is 14.1 Å². The van der Waals surface area contributed by atoms with Gasteiger partial charge in [-0.25, -0.2) is 9.78 Å². The molecule has 0 radical (unpaired) electrons. The molecule has 2 aromatic heterocycles. The quantitative estimate of drug-likeness (QED) is 0.206. The van der Waals surface area contributed by atoms with E-state index in [1.54, 1.807) is 0 Å². The molecule has 1 aliphatic rings. The lowest BCUT2D eigenvalue weighted by Gasteiger charge is -2.43. The zero-order valence-corrected chi connectivity index (χ0v) is 23.0. The zero-order chi connectivity index (χ0) is 26.5. The number of fused-ring (bicyclic) bond motifs is 3. The minimum absolute atomic E-state index is 0.193. The van der Waals surface area contributed by atoms with E-state index in [1.165, 1.54) is 11.3 Å². The Morgan fingerprint density at radius 3 is 2.59 bits per heavy atom. The maximum absolute atomic E-state index is 13.0. The number of carbonyl (C=O) groups excluding carboxylic acids is 1. The van der Waals surface area contributed by atoms with Crippen molar-refractivity contribution in [3.63, 3.8) is 0 Å². The van der Waals surface area contributed by atoms with E-state index < -0.39 is 11.2 Å². The molecular formula is C30H32N2O4S. The number of ether oxygens (including phenoxy) is 1. The van der Waals surface area contributed by atoms with Gasteiger partial charge in [-0.05, 0) is 77.8 Å². The third kappa shape index (κ3) is 5.05. The van der Waals surface area contributed by atoms with Gasteiger partial charge in [0.05, 0.1) is 21.3 Å². The van der Waals surface area contributed by atoms with Crippen LogP contribution in [0.25, 0.3) is 37.3 Å². The van der Waals surface area contributed by atoms with Crippen molar-refractivity contribution >= 4 is 49.8 Å². The van der Waals surface area contributed by atoms with Crippen molar-refractivity contribution in [3.8, 4) is 10.6 Å². The average molecular weight is 517 g/mol. The van der Waals surface area contributed by atoms with Gasteiger partial charge in [0.15, 0.2) is 0 Å². The van der Waals surface area contributed by atoms with Gasteiger partial charge in [0.25, 0.3) is 0 Å². The minimum Gasteiger partial charge on any atom is -0.460 e. The lowest BCUT2D eigenvalue weighted by atomic mass is 9.88. The van der Waals surface area contributed by atoms with Crippen LogP contribution in [0.15, 0.2) is 57.8 Å². The molecule has 0 amide bonds. The van der Waals surface area contributed by atoms with Crippen molar-refractivity contribution < 1.29 is 13.9 Å². The van der Waals surface area contributed by atoms with E-state index in [1.807, 2.05) is 57.2 Å². The van der Waals surface area contributed by atoms with Crippen molar-refractivity contribution in [2.75, 3.05) is 11.4 Å². The average Bonchev–Trinajstić information content (AvgIpc) is 3.22. The fourth-order valence-corrected chi connectivity index (χ4v) is 5.98. The highest BCUT2D eigenvalue weighted by Gasteiger charge is 2.32. The van der Waals surface area contributed by atoms with Gasteiger partial charge in [0, 0.05) is 35.7 Å². The summed E-state index contributed by atoms with van der Waals surface area (Å²) < 4.78 is 12.4. The van der Waals surface area contributed by atoms with Gasteiger partial charge in [0.2, 0.25) is 0 Å². The first-order valence-corrected chi connectivity index (χ1v) is 13.4. The van der Waals surface area contributed by atoms with E-state index in [4.69, 9.17) is 9.15 Å². The summed E-state index contributed by atoms with van der Waals surface area (Å²) in [5.74, 6) is -0.193. The SMILES string of the molecule is CC1=CC(C)(C)N(CCCC(=O)OC(C)(C)C)c2cc3oc(=O)c(-c4nc5ccccc5s4)cc3cc21. The van der Waals surface area contributed by atoms with Crippen molar-refractivity contribution in [2.24, 2.45) is 0 Å². The van der Waals surface area contributed by atoms with E-state index in [2.05, 4.69) is 42.8 Å². The number of rotatable bonds is 5. The molecule has 4 aromatic rings. The summed E-state index contributed by atoms with van der Waals surface area (Å²) in [7, 11) is 0. The number of allylic oxidation sites excluding steroid dienone is 1. The molecule has 192 valence electrons. The van der Waals surface area contributed by atoms with E-state index in [0.717, 1.165) is 32.4 Å². The fraction of sp³-hybridized carbons (Fsp3) is 0.367. The molecule has 0 spiro atoms. The number of para-hydroxylation sites is 1. The van der Waals surface area contributed by atoms with Crippen LogP contribution in [0.4, 0.5) is 5.69 Å². The smallest absolute Gasteiger partial charge is 0.346 e. The lowest BCUT2D eigenvalue weighted by molar-refractivity contribution is -0.154. The summed E-state index contributed by atoms with van der Waals surface area (Å²) in [6.07, 6.45) is 3.25. The Hall–Kier alpha value is -3.45. The van der Waals surface area contributed by atoms with Crippen molar-refractivity contribution in [2.45, 2.75) is 65.5 Å². The monoisotopic (exact) mass is 516 g/mol. The Kier molecular flexibility index (Phi) is 6.23. The molecule has 0 aliphatic carbocycles. The van der Waals surface area contributed by atoms with Gasteiger partial charge in [-0.15, -0.1) is 11.3 Å². The van der Waals surface area contributed by atoms with Crippen LogP contribution < -0.4 is 10.5 Å². The number of carbonyl (C=O) groups is 1. The number of anilines is 1. The number of hydrogen-bond donors (Lipinski definition) is 0. The molecule has 0 fully saturated rings. The maximum atomic E-state index is 13.0. The number of nitrogens with zero attached hydrogens (tertiary/aromatic N) is 2. The summed E-state index contributed by atoms with van der Waals surface area (Å²) in [6, 6.07) is 13.8. The van der Waals surface area contributed by atoms with Crippen LogP contribution in [0.1, 0.15) is 59.9 Å². The second-order valence-corrected chi connectivity index (χ2v) is 12.2. The lowest BCUT2D eigenvalue weighted by Crippen LogP contribution is -2.45. The molecule has 7 heteroatoms. The largest absolute Gasteiger partial charge is 0.460 e. The Bertz CT molecular complexity index is 1570. The van der Waals surface area contributed by atoms with Crippen LogP contribution in [0.3, 0.4) is 0 Å². The molecule has 0 N–H and O–H groups in total. The van der Waals surface area contributed by atoms with Crippen LogP contribution in [-0.2, 0) is 9.53 Å². The predicted molar refractivity (Wildman–Crippen MR) is 151 cm³/mol. The molecule has 5 rings (SSSR count). The first kappa shape index (κ1) is 25.2. The normalized spacial score (nSPS) is 15.1. The Balaban J connectivity index is 1.50. The summed E-state index contributed by atoms with van der Waals surface area (Å²) in [6.45, 7) is 12.7. The number of aromatic nitrogens is 1. The number of hydrogen-bond acceptors (Lipinski definition) is 7. The molecule has 3 heterocycles. The molecule has 1 aliphatic heterocycles. The Labute approximate surface area is 220 Å². The molecule has 0 saturated carbocycles. The highest BCUT2D eigenvalue weighted by Crippen LogP contribution is 2.41. The topological polar surface area (TPSA) is 72.6 Å². The second kappa shape index (κ2) is 9.14. The summed E-state index contributed by atoms with van der Waals surface area (Å²) in [5.41, 5.74) is 3.98. The third-order valence-electron chi connectivity index (χ3n) is 6.54. The summed E-state index contributed by atoms with van der Waals surface area (Å²) >= 11 is 1.49.